The average molecular weight is 463 g/mol. The third-order valence-corrected chi connectivity index (χ3v) is 5.99. The molecule has 0 aromatic heterocycles. The predicted octanol–water partition coefficient (Wildman–Crippen LogP) is 5.01. The van der Waals surface area contributed by atoms with Crippen LogP contribution in [0.4, 0.5) is 14.5 Å². The number of halogens is 2. The van der Waals surface area contributed by atoms with Gasteiger partial charge in [-0.2, -0.15) is 0 Å². The molecule has 0 bridgehead atoms. The zero-order valence-corrected chi connectivity index (χ0v) is 18.6. The van der Waals surface area contributed by atoms with Crippen LogP contribution in [0.1, 0.15) is 22.3 Å². The van der Waals surface area contributed by atoms with E-state index in [1.807, 2.05) is 42.5 Å². The van der Waals surface area contributed by atoms with Gasteiger partial charge in [-0.1, -0.05) is 18.2 Å². The number of carbonyl (C=O) groups excluding carboxylic acids is 1. The molecule has 0 radical (unpaired) electrons. The standard InChI is InChI=1S/C26H23F2N3O3/c1-33-23-9-4-6-19-24(23)34-22-8-3-2-7-21(22)29-25(19)30-12-5-13-31(15-14-30)26(32)18-11-10-17(27)16-20(18)28/h2-4,6-11,16H,5,12-15H2,1H3. The number of nitrogens with zero attached hydrogens (tertiary/aromatic N) is 3. The largest absolute Gasteiger partial charge is 0.493 e. The lowest BCUT2D eigenvalue weighted by Gasteiger charge is -2.25. The van der Waals surface area contributed by atoms with E-state index in [9.17, 15) is 13.6 Å². The molecule has 6 nitrogen and oxygen atoms in total. The van der Waals surface area contributed by atoms with Gasteiger partial charge < -0.3 is 19.3 Å². The van der Waals surface area contributed by atoms with E-state index in [0.717, 1.165) is 23.5 Å². The second kappa shape index (κ2) is 9.13. The number of amides is 1. The Kier molecular flexibility index (Phi) is 5.88. The molecule has 0 saturated carbocycles. The van der Waals surface area contributed by atoms with E-state index in [0.29, 0.717) is 55.5 Å². The number of para-hydroxylation sites is 3. The summed E-state index contributed by atoms with van der Waals surface area (Å²) in [6.07, 6.45) is 0.662. The quantitative estimate of drug-likeness (QED) is 0.537. The molecule has 0 atom stereocenters. The Bertz CT molecular complexity index is 1280. The van der Waals surface area contributed by atoms with Crippen LogP contribution in [0.25, 0.3) is 0 Å². The molecule has 3 aromatic rings. The maximum Gasteiger partial charge on any atom is 0.256 e. The molecule has 2 heterocycles. The molecule has 3 aromatic carbocycles. The Morgan fingerprint density at radius 1 is 1.00 bits per heavy atom. The Labute approximate surface area is 196 Å². The second-order valence-electron chi connectivity index (χ2n) is 8.10. The van der Waals surface area contributed by atoms with Crippen LogP contribution in [-0.2, 0) is 0 Å². The zero-order chi connectivity index (χ0) is 23.7. The van der Waals surface area contributed by atoms with Gasteiger partial charge in [0.05, 0.1) is 18.2 Å². The summed E-state index contributed by atoms with van der Waals surface area (Å²) in [7, 11) is 1.59. The van der Waals surface area contributed by atoms with Gasteiger partial charge in [0, 0.05) is 32.2 Å². The number of fused-ring (bicyclic) bond motifs is 2. The molecule has 8 heteroatoms. The van der Waals surface area contributed by atoms with Crippen molar-refractivity contribution in [3.63, 3.8) is 0 Å². The molecule has 0 unspecified atom stereocenters. The van der Waals surface area contributed by atoms with Crippen LogP contribution < -0.4 is 9.47 Å². The zero-order valence-electron chi connectivity index (χ0n) is 18.6. The van der Waals surface area contributed by atoms with Crippen molar-refractivity contribution in [3.8, 4) is 17.2 Å². The second-order valence-corrected chi connectivity index (χ2v) is 8.10. The van der Waals surface area contributed by atoms with Gasteiger partial charge in [-0.15, -0.1) is 0 Å². The summed E-state index contributed by atoms with van der Waals surface area (Å²) in [4.78, 5) is 21.6. The van der Waals surface area contributed by atoms with Crippen LogP contribution in [-0.4, -0.2) is 54.8 Å². The molecule has 2 aliphatic heterocycles. The van der Waals surface area contributed by atoms with Crippen LogP contribution in [0.2, 0.25) is 0 Å². The van der Waals surface area contributed by atoms with Gasteiger partial charge in [0.15, 0.2) is 17.2 Å². The Morgan fingerprint density at radius 2 is 1.85 bits per heavy atom. The highest BCUT2D eigenvalue weighted by Gasteiger charge is 2.28. The number of carbonyl (C=O) groups is 1. The number of rotatable bonds is 2. The first-order valence-corrected chi connectivity index (χ1v) is 11.1. The lowest BCUT2D eigenvalue weighted by Crippen LogP contribution is -2.38. The molecular weight excluding hydrogens is 440 g/mol. The molecule has 1 amide bonds. The van der Waals surface area contributed by atoms with Gasteiger partial charge in [0.1, 0.15) is 23.2 Å². The Balaban J connectivity index is 1.46. The molecule has 0 aliphatic carbocycles. The molecule has 34 heavy (non-hydrogen) atoms. The van der Waals surface area contributed by atoms with E-state index in [1.165, 1.54) is 6.07 Å². The third-order valence-electron chi connectivity index (χ3n) is 5.99. The summed E-state index contributed by atoms with van der Waals surface area (Å²) in [6, 6.07) is 16.2. The minimum Gasteiger partial charge on any atom is -0.493 e. The van der Waals surface area contributed by atoms with Crippen molar-refractivity contribution in [3.05, 3.63) is 83.4 Å². The van der Waals surface area contributed by atoms with Gasteiger partial charge in [-0.25, -0.2) is 13.8 Å². The summed E-state index contributed by atoms with van der Waals surface area (Å²) in [5, 5.41) is 0. The van der Waals surface area contributed by atoms with Gasteiger partial charge >= 0.3 is 0 Å². The highest BCUT2D eigenvalue weighted by Crippen LogP contribution is 2.42. The number of aliphatic imine (C=N–C) groups is 1. The van der Waals surface area contributed by atoms with Crippen LogP contribution in [0.3, 0.4) is 0 Å². The summed E-state index contributed by atoms with van der Waals surface area (Å²) in [6.45, 7) is 1.97. The first-order valence-electron chi connectivity index (χ1n) is 11.1. The summed E-state index contributed by atoms with van der Waals surface area (Å²) in [5.74, 6) is 0.522. The number of methoxy groups -OCH3 is 1. The summed E-state index contributed by atoms with van der Waals surface area (Å²) >= 11 is 0. The van der Waals surface area contributed by atoms with Crippen molar-refractivity contribution in [2.45, 2.75) is 6.42 Å². The van der Waals surface area contributed by atoms with Crippen LogP contribution in [0, 0.1) is 11.6 Å². The fourth-order valence-electron chi connectivity index (χ4n) is 4.28. The number of hydrogen-bond acceptors (Lipinski definition) is 5. The van der Waals surface area contributed by atoms with E-state index in [1.54, 1.807) is 12.0 Å². The lowest BCUT2D eigenvalue weighted by atomic mass is 10.1. The van der Waals surface area contributed by atoms with Gasteiger partial charge in [0.25, 0.3) is 5.91 Å². The number of ether oxygens (including phenoxy) is 2. The fraction of sp³-hybridized carbons (Fsp3) is 0.231. The van der Waals surface area contributed by atoms with Crippen molar-refractivity contribution >= 4 is 17.4 Å². The van der Waals surface area contributed by atoms with Crippen LogP contribution >= 0.6 is 0 Å². The van der Waals surface area contributed by atoms with Crippen LogP contribution in [0.15, 0.2) is 65.7 Å². The maximum atomic E-state index is 14.2. The van der Waals surface area contributed by atoms with Crippen molar-refractivity contribution in [1.82, 2.24) is 9.80 Å². The van der Waals surface area contributed by atoms with Crippen molar-refractivity contribution in [1.29, 1.82) is 0 Å². The number of hydrogen-bond donors (Lipinski definition) is 0. The fourth-order valence-corrected chi connectivity index (χ4v) is 4.28. The molecular formula is C26H23F2N3O3. The minimum atomic E-state index is -0.853. The molecule has 5 rings (SSSR count). The molecule has 174 valence electrons. The predicted molar refractivity (Wildman–Crippen MR) is 124 cm³/mol. The average Bonchev–Trinajstić information content (AvgIpc) is 3.18. The minimum absolute atomic E-state index is 0.126. The van der Waals surface area contributed by atoms with Gasteiger partial charge in [0.2, 0.25) is 0 Å². The maximum absolute atomic E-state index is 14.2. The molecule has 0 spiro atoms. The monoisotopic (exact) mass is 463 g/mol. The SMILES string of the molecule is COc1cccc2c1Oc1ccccc1N=C2N1CCCN(C(=O)c2ccc(F)cc2F)CC1. The topological polar surface area (TPSA) is 54.4 Å². The highest BCUT2D eigenvalue weighted by molar-refractivity contribution is 6.04. The smallest absolute Gasteiger partial charge is 0.256 e. The number of benzene rings is 3. The van der Waals surface area contributed by atoms with E-state index in [-0.39, 0.29) is 5.56 Å². The van der Waals surface area contributed by atoms with Crippen molar-refractivity contribution in [2.24, 2.45) is 4.99 Å². The highest BCUT2D eigenvalue weighted by atomic mass is 19.1. The van der Waals surface area contributed by atoms with Crippen LogP contribution in [0.5, 0.6) is 17.2 Å². The van der Waals surface area contributed by atoms with Gasteiger partial charge in [-0.3, -0.25) is 4.79 Å². The lowest BCUT2D eigenvalue weighted by molar-refractivity contribution is 0.0759. The number of amidine groups is 1. The Morgan fingerprint density at radius 3 is 2.68 bits per heavy atom. The summed E-state index contributed by atoms with van der Waals surface area (Å²) < 4.78 is 39.3. The van der Waals surface area contributed by atoms with E-state index in [4.69, 9.17) is 14.5 Å². The van der Waals surface area contributed by atoms with Gasteiger partial charge in [-0.05, 0) is 42.8 Å². The van der Waals surface area contributed by atoms with E-state index in [2.05, 4.69) is 4.90 Å². The third kappa shape index (κ3) is 4.07. The van der Waals surface area contributed by atoms with Crippen molar-refractivity contribution < 1.29 is 23.0 Å². The Hall–Kier alpha value is -3.94. The summed E-state index contributed by atoms with van der Waals surface area (Å²) in [5.41, 5.74) is 1.36. The molecule has 1 saturated heterocycles. The first kappa shape index (κ1) is 21.9. The van der Waals surface area contributed by atoms with E-state index >= 15 is 0 Å². The molecule has 2 aliphatic rings. The van der Waals surface area contributed by atoms with E-state index < -0.39 is 17.5 Å². The normalized spacial score (nSPS) is 15.3. The molecule has 0 N–H and O–H groups in total. The van der Waals surface area contributed by atoms with Crippen molar-refractivity contribution in [2.75, 3.05) is 33.3 Å². The molecule has 1 fully saturated rings. The first-order chi connectivity index (χ1) is 16.5.